The molecule has 0 aromatic carbocycles. The van der Waals surface area contributed by atoms with E-state index >= 15 is 0 Å². The second-order valence-corrected chi connectivity index (χ2v) is 4.26. The molecule has 0 aliphatic heterocycles. The molecule has 0 saturated carbocycles. The van der Waals surface area contributed by atoms with Gasteiger partial charge in [-0.2, -0.15) is 5.12 Å². The van der Waals surface area contributed by atoms with Gasteiger partial charge in [0.2, 0.25) is 0 Å². The largest absolute Gasteiger partial charge is 0.241 e. The average molecular weight is 187 g/mol. The van der Waals surface area contributed by atoms with Crippen LogP contribution in [0.2, 0.25) is 0 Å². The first-order valence-electron chi connectivity index (χ1n) is 5.30. The van der Waals surface area contributed by atoms with Crippen LogP contribution in [-0.2, 0) is 0 Å². The summed E-state index contributed by atoms with van der Waals surface area (Å²) in [6.45, 7) is 14.0. The Hall–Kier alpha value is -0.120. The molecule has 0 radical (unpaired) electrons. The highest BCUT2D eigenvalue weighted by Crippen LogP contribution is 1.90. The predicted molar refractivity (Wildman–Crippen MR) is 58.1 cm³/mol. The zero-order valence-corrected chi connectivity index (χ0v) is 9.72. The van der Waals surface area contributed by atoms with Crippen LogP contribution in [0.3, 0.4) is 0 Å². The van der Waals surface area contributed by atoms with Crippen molar-refractivity contribution in [3.8, 4) is 0 Å². The molecular weight excluding hydrogens is 162 g/mol. The van der Waals surface area contributed by atoms with Crippen LogP contribution in [0, 0.1) is 11.8 Å². The Morgan fingerprint density at radius 2 is 1.31 bits per heavy atom. The molecule has 0 rings (SSSR count). The maximum atomic E-state index is 3.35. The van der Waals surface area contributed by atoms with Gasteiger partial charge in [-0.1, -0.05) is 27.7 Å². The SMILES string of the molecule is CCN(NCC(C)C)NCC(C)C. The zero-order chi connectivity index (χ0) is 10.3. The molecule has 0 atom stereocenters. The minimum Gasteiger partial charge on any atom is -0.241 e. The van der Waals surface area contributed by atoms with Gasteiger partial charge in [-0.25, -0.2) is 10.9 Å². The first-order valence-corrected chi connectivity index (χ1v) is 5.30. The molecule has 0 aromatic rings. The number of rotatable bonds is 7. The molecule has 13 heavy (non-hydrogen) atoms. The topological polar surface area (TPSA) is 27.3 Å². The van der Waals surface area contributed by atoms with E-state index < -0.39 is 0 Å². The van der Waals surface area contributed by atoms with Crippen molar-refractivity contribution in [1.82, 2.24) is 16.0 Å². The zero-order valence-electron chi connectivity index (χ0n) is 9.72. The van der Waals surface area contributed by atoms with Gasteiger partial charge in [0.1, 0.15) is 0 Å². The standard InChI is InChI=1S/C10H25N3/c1-6-13(11-7-9(2)3)12-8-10(4)5/h9-12H,6-8H2,1-5H3. The fraction of sp³-hybridized carbons (Fsp3) is 1.00. The summed E-state index contributed by atoms with van der Waals surface area (Å²) in [6, 6.07) is 0. The van der Waals surface area contributed by atoms with Crippen molar-refractivity contribution in [1.29, 1.82) is 0 Å². The van der Waals surface area contributed by atoms with Gasteiger partial charge in [0.15, 0.2) is 0 Å². The summed E-state index contributed by atoms with van der Waals surface area (Å²) >= 11 is 0. The van der Waals surface area contributed by atoms with Crippen molar-refractivity contribution in [2.24, 2.45) is 11.8 Å². The lowest BCUT2D eigenvalue weighted by Gasteiger charge is -2.24. The van der Waals surface area contributed by atoms with E-state index in [1.54, 1.807) is 0 Å². The van der Waals surface area contributed by atoms with Gasteiger partial charge in [-0.3, -0.25) is 0 Å². The van der Waals surface area contributed by atoms with Gasteiger partial charge in [-0.15, -0.1) is 0 Å². The summed E-state index contributed by atoms with van der Waals surface area (Å²) in [4.78, 5) is 0. The second kappa shape index (κ2) is 7.30. The van der Waals surface area contributed by atoms with E-state index in [2.05, 4.69) is 50.6 Å². The molecule has 80 valence electrons. The monoisotopic (exact) mass is 187 g/mol. The summed E-state index contributed by atoms with van der Waals surface area (Å²) in [5.41, 5.74) is 6.69. The van der Waals surface area contributed by atoms with E-state index in [1.165, 1.54) is 0 Å². The molecule has 3 nitrogen and oxygen atoms in total. The summed E-state index contributed by atoms with van der Waals surface area (Å²) in [5, 5.41) is 2.07. The van der Waals surface area contributed by atoms with Gasteiger partial charge >= 0.3 is 0 Å². The lowest BCUT2D eigenvalue weighted by atomic mass is 10.2. The minimum atomic E-state index is 0.690. The highest BCUT2D eigenvalue weighted by molar-refractivity contribution is 4.51. The van der Waals surface area contributed by atoms with Crippen LogP contribution in [0.25, 0.3) is 0 Å². The fourth-order valence-electron chi connectivity index (χ4n) is 0.865. The third-order valence-electron chi connectivity index (χ3n) is 1.70. The van der Waals surface area contributed by atoms with Crippen LogP contribution in [0.4, 0.5) is 0 Å². The smallest absolute Gasteiger partial charge is 0.0259 e. The highest BCUT2D eigenvalue weighted by Gasteiger charge is 2.02. The molecule has 2 N–H and O–H groups in total. The van der Waals surface area contributed by atoms with Crippen molar-refractivity contribution in [3.63, 3.8) is 0 Å². The van der Waals surface area contributed by atoms with Gasteiger partial charge in [0, 0.05) is 19.6 Å². The Morgan fingerprint density at radius 1 is 0.923 bits per heavy atom. The summed E-state index contributed by atoms with van der Waals surface area (Å²) in [5.74, 6) is 1.38. The Kier molecular flexibility index (Phi) is 7.23. The second-order valence-electron chi connectivity index (χ2n) is 4.26. The van der Waals surface area contributed by atoms with Crippen LogP contribution in [0.1, 0.15) is 34.6 Å². The Bertz CT molecular complexity index is 101. The number of hydrogen-bond donors (Lipinski definition) is 2. The van der Waals surface area contributed by atoms with Gasteiger partial charge < -0.3 is 0 Å². The third kappa shape index (κ3) is 8.22. The third-order valence-corrected chi connectivity index (χ3v) is 1.70. The van der Waals surface area contributed by atoms with Crippen LogP contribution in [0.5, 0.6) is 0 Å². The van der Waals surface area contributed by atoms with Crippen LogP contribution >= 0.6 is 0 Å². The first-order chi connectivity index (χ1) is 6.06. The van der Waals surface area contributed by atoms with Crippen molar-refractivity contribution >= 4 is 0 Å². The molecule has 0 amide bonds. The Labute approximate surface area is 82.8 Å². The normalized spacial score (nSPS) is 12.0. The Morgan fingerprint density at radius 3 is 1.54 bits per heavy atom. The van der Waals surface area contributed by atoms with E-state index in [9.17, 15) is 0 Å². The number of nitrogens with one attached hydrogen (secondary N) is 2. The molecular formula is C10H25N3. The van der Waals surface area contributed by atoms with E-state index in [1.807, 2.05) is 0 Å². The molecule has 0 aromatic heterocycles. The van der Waals surface area contributed by atoms with Gasteiger partial charge in [-0.05, 0) is 18.8 Å². The number of hydrogen-bond acceptors (Lipinski definition) is 3. The molecule has 0 bridgehead atoms. The molecule has 0 saturated heterocycles. The minimum absolute atomic E-state index is 0.690. The number of nitrogens with zero attached hydrogens (tertiary/aromatic N) is 1. The maximum absolute atomic E-state index is 3.35. The van der Waals surface area contributed by atoms with Crippen molar-refractivity contribution < 1.29 is 0 Å². The quantitative estimate of drug-likeness (QED) is 0.593. The summed E-state index contributed by atoms with van der Waals surface area (Å²) in [7, 11) is 0. The lowest BCUT2D eigenvalue weighted by Crippen LogP contribution is -2.50. The first kappa shape index (κ1) is 12.9. The van der Waals surface area contributed by atoms with Crippen molar-refractivity contribution in [2.75, 3.05) is 19.6 Å². The number of hydrazine groups is 2. The van der Waals surface area contributed by atoms with Crippen LogP contribution < -0.4 is 10.9 Å². The highest BCUT2D eigenvalue weighted by atomic mass is 15.7. The van der Waals surface area contributed by atoms with E-state index in [0.29, 0.717) is 11.8 Å². The van der Waals surface area contributed by atoms with Crippen LogP contribution in [-0.4, -0.2) is 24.8 Å². The van der Waals surface area contributed by atoms with E-state index in [4.69, 9.17) is 0 Å². The summed E-state index contributed by atoms with van der Waals surface area (Å²) < 4.78 is 0. The Balaban J connectivity index is 3.51. The van der Waals surface area contributed by atoms with Crippen molar-refractivity contribution in [3.05, 3.63) is 0 Å². The fourth-order valence-corrected chi connectivity index (χ4v) is 0.865. The molecule has 0 fully saturated rings. The summed E-state index contributed by atoms with van der Waals surface area (Å²) in [6.07, 6.45) is 0. The van der Waals surface area contributed by atoms with Gasteiger partial charge in [0.25, 0.3) is 0 Å². The van der Waals surface area contributed by atoms with Gasteiger partial charge in [0.05, 0.1) is 0 Å². The molecule has 0 heterocycles. The maximum Gasteiger partial charge on any atom is 0.0259 e. The lowest BCUT2D eigenvalue weighted by molar-refractivity contribution is 0.108. The predicted octanol–water partition coefficient (Wildman–Crippen LogP) is 1.63. The van der Waals surface area contributed by atoms with Crippen LogP contribution in [0.15, 0.2) is 0 Å². The molecule has 0 aliphatic carbocycles. The molecule has 0 unspecified atom stereocenters. The average Bonchev–Trinajstić information content (AvgIpc) is 2.04. The van der Waals surface area contributed by atoms with E-state index in [-0.39, 0.29) is 0 Å². The molecule has 0 spiro atoms. The van der Waals surface area contributed by atoms with E-state index in [0.717, 1.165) is 19.6 Å². The molecule has 0 aliphatic rings. The van der Waals surface area contributed by atoms with Crippen molar-refractivity contribution in [2.45, 2.75) is 34.6 Å². The molecule has 3 heteroatoms.